The number of benzene rings is 1. The third kappa shape index (κ3) is 3.72. The molecule has 0 N–H and O–H groups in total. The molecular formula is C21H27BN2O4S. The summed E-state index contributed by atoms with van der Waals surface area (Å²) in [5.74, 6) is 0. The van der Waals surface area contributed by atoms with Crippen molar-refractivity contribution in [2.45, 2.75) is 57.6 Å². The molecule has 0 aliphatic carbocycles. The van der Waals surface area contributed by atoms with E-state index in [1.807, 2.05) is 47.6 Å². The summed E-state index contributed by atoms with van der Waals surface area (Å²) < 4.78 is 39.1. The molecule has 6 nitrogen and oxygen atoms in total. The van der Waals surface area contributed by atoms with Crippen LogP contribution < -0.4 is 5.46 Å². The molecule has 29 heavy (non-hydrogen) atoms. The molecule has 0 saturated carbocycles. The zero-order valence-corrected chi connectivity index (χ0v) is 18.5. The van der Waals surface area contributed by atoms with Crippen LogP contribution >= 0.6 is 0 Å². The first-order chi connectivity index (χ1) is 13.6. The van der Waals surface area contributed by atoms with Crippen LogP contribution in [0, 0.1) is 0 Å². The van der Waals surface area contributed by atoms with Crippen molar-refractivity contribution in [2.24, 2.45) is 0 Å². The fourth-order valence-electron chi connectivity index (χ4n) is 3.03. The van der Waals surface area contributed by atoms with Crippen molar-refractivity contribution < 1.29 is 17.7 Å². The van der Waals surface area contributed by atoms with Crippen LogP contribution in [0.1, 0.15) is 41.5 Å². The van der Waals surface area contributed by atoms with Crippen molar-refractivity contribution in [3.8, 4) is 0 Å². The van der Waals surface area contributed by atoms with Crippen LogP contribution in [0.2, 0.25) is 0 Å². The van der Waals surface area contributed by atoms with Crippen LogP contribution in [0.25, 0.3) is 11.0 Å². The highest BCUT2D eigenvalue weighted by Gasteiger charge is 2.51. The molecule has 1 aliphatic rings. The van der Waals surface area contributed by atoms with Gasteiger partial charge in [-0.2, -0.15) is 0 Å². The smallest absolute Gasteiger partial charge is 0.399 e. The molecule has 0 unspecified atom stereocenters. The summed E-state index contributed by atoms with van der Waals surface area (Å²) in [7, 11) is -4.24. The summed E-state index contributed by atoms with van der Waals surface area (Å²) in [5, 5.41) is 0.710. The van der Waals surface area contributed by atoms with E-state index in [2.05, 4.69) is 4.98 Å². The van der Waals surface area contributed by atoms with Gasteiger partial charge in [0.25, 0.3) is 10.0 Å². The minimum atomic E-state index is -3.70. The fraction of sp³-hybridized carbons (Fsp3) is 0.381. The van der Waals surface area contributed by atoms with Gasteiger partial charge in [-0.05, 0) is 52.0 Å². The number of pyridine rings is 1. The Bertz CT molecular complexity index is 1090. The summed E-state index contributed by atoms with van der Waals surface area (Å²) in [5.41, 5.74) is 0.236. The average Bonchev–Trinajstić information content (AvgIpc) is 3.22. The van der Waals surface area contributed by atoms with E-state index in [1.54, 1.807) is 42.6 Å². The van der Waals surface area contributed by atoms with E-state index in [0.29, 0.717) is 11.0 Å². The van der Waals surface area contributed by atoms with Crippen molar-refractivity contribution in [3.63, 3.8) is 0 Å². The Labute approximate surface area is 173 Å². The highest BCUT2D eigenvalue weighted by molar-refractivity contribution is 7.90. The van der Waals surface area contributed by atoms with Crippen molar-refractivity contribution >= 4 is 33.6 Å². The molecule has 0 atom stereocenters. The van der Waals surface area contributed by atoms with Crippen LogP contribution in [0.5, 0.6) is 0 Å². The third-order valence-corrected chi connectivity index (χ3v) is 7.02. The zero-order chi connectivity index (χ0) is 21.4. The first-order valence-corrected chi connectivity index (χ1v) is 11.2. The summed E-state index contributed by atoms with van der Waals surface area (Å²) in [6.07, 6.45) is 3.13. The van der Waals surface area contributed by atoms with Gasteiger partial charge in [-0.1, -0.05) is 32.0 Å². The molecule has 0 radical (unpaired) electrons. The molecule has 4 rings (SSSR count). The maximum atomic E-state index is 12.9. The summed E-state index contributed by atoms with van der Waals surface area (Å²) in [6, 6.07) is 11.9. The van der Waals surface area contributed by atoms with Gasteiger partial charge in [-0.15, -0.1) is 0 Å². The van der Waals surface area contributed by atoms with Gasteiger partial charge in [-0.25, -0.2) is 17.4 Å². The monoisotopic (exact) mass is 414 g/mol. The molecule has 0 amide bonds. The standard InChI is InChI=1S/C19H21BN2O4S.C2H6/c1-18(2)19(3,4)26-20(25-18)15-12-14-10-11-22(17(14)21-13-15)27(23,24)16-8-6-5-7-9-16;1-2/h5-13H,1-4H3;1-2H3. The lowest BCUT2D eigenvalue weighted by Gasteiger charge is -2.32. The van der Waals surface area contributed by atoms with Crippen molar-refractivity contribution in [2.75, 3.05) is 0 Å². The van der Waals surface area contributed by atoms with E-state index in [1.165, 1.54) is 10.2 Å². The Morgan fingerprint density at radius 3 is 2.14 bits per heavy atom. The molecular weight excluding hydrogens is 387 g/mol. The minimum Gasteiger partial charge on any atom is -0.399 e. The number of rotatable bonds is 3. The van der Waals surface area contributed by atoms with E-state index in [-0.39, 0.29) is 4.90 Å². The average molecular weight is 414 g/mol. The third-order valence-electron chi connectivity index (χ3n) is 5.34. The molecule has 0 spiro atoms. The zero-order valence-electron chi connectivity index (χ0n) is 17.7. The van der Waals surface area contributed by atoms with E-state index in [4.69, 9.17) is 9.31 Å². The first kappa shape index (κ1) is 21.6. The lowest BCUT2D eigenvalue weighted by Crippen LogP contribution is -2.41. The number of fused-ring (bicyclic) bond motifs is 1. The van der Waals surface area contributed by atoms with Gasteiger partial charge in [0.05, 0.1) is 16.1 Å². The summed E-state index contributed by atoms with van der Waals surface area (Å²) in [4.78, 5) is 4.62. The summed E-state index contributed by atoms with van der Waals surface area (Å²) in [6.45, 7) is 12.0. The molecule has 3 aromatic rings. The molecule has 2 aromatic heterocycles. The molecule has 1 aliphatic heterocycles. The van der Waals surface area contributed by atoms with Crippen LogP contribution in [-0.2, 0) is 19.3 Å². The molecule has 3 heterocycles. The van der Waals surface area contributed by atoms with E-state index >= 15 is 0 Å². The quantitative estimate of drug-likeness (QED) is 0.613. The second-order valence-corrected chi connectivity index (χ2v) is 9.51. The minimum absolute atomic E-state index is 0.222. The predicted molar refractivity (Wildman–Crippen MR) is 116 cm³/mol. The van der Waals surface area contributed by atoms with Crippen molar-refractivity contribution in [1.82, 2.24) is 8.96 Å². The second kappa shape index (κ2) is 7.59. The Morgan fingerprint density at radius 1 is 0.966 bits per heavy atom. The normalized spacial score (nSPS) is 17.8. The Kier molecular flexibility index (Phi) is 5.64. The highest BCUT2D eigenvalue weighted by Crippen LogP contribution is 2.36. The number of hydrogen-bond donors (Lipinski definition) is 0. The maximum Gasteiger partial charge on any atom is 0.496 e. The highest BCUT2D eigenvalue weighted by atomic mass is 32.2. The van der Waals surface area contributed by atoms with Gasteiger partial charge in [0, 0.05) is 23.2 Å². The maximum absolute atomic E-state index is 12.9. The van der Waals surface area contributed by atoms with Crippen LogP contribution in [0.15, 0.2) is 59.8 Å². The van der Waals surface area contributed by atoms with Crippen LogP contribution in [-0.4, -0.2) is 35.7 Å². The van der Waals surface area contributed by atoms with E-state index < -0.39 is 28.3 Å². The molecule has 1 aromatic carbocycles. The lowest BCUT2D eigenvalue weighted by molar-refractivity contribution is 0.00578. The number of aromatic nitrogens is 2. The SMILES string of the molecule is CC.CC1(C)OB(c2cnc3c(ccn3S(=O)(=O)c3ccccc3)c2)OC1(C)C. The van der Waals surface area contributed by atoms with Gasteiger partial charge in [-0.3, -0.25) is 0 Å². The Morgan fingerprint density at radius 2 is 1.55 bits per heavy atom. The molecule has 0 bridgehead atoms. The van der Waals surface area contributed by atoms with Crippen molar-refractivity contribution in [3.05, 3.63) is 54.9 Å². The Hall–Kier alpha value is -2.16. The molecule has 1 fully saturated rings. The van der Waals surface area contributed by atoms with E-state index in [0.717, 1.165) is 5.46 Å². The lowest BCUT2D eigenvalue weighted by atomic mass is 9.80. The summed E-state index contributed by atoms with van der Waals surface area (Å²) >= 11 is 0. The number of nitrogens with zero attached hydrogens (tertiary/aromatic N) is 2. The van der Waals surface area contributed by atoms with Gasteiger partial charge < -0.3 is 9.31 Å². The van der Waals surface area contributed by atoms with Crippen molar-refractivity contribution in [1.29, 1.82) is 0 Å². The van der Waals surface area contributed by atoms with Gasteiger partial charge in [0.1, 0.15) is 0 Å². The number of hydrogen-bond acceptors (Lipinski definition) is 5. The van der Waals surface area contributed by atoms with E-state index in [9.17, 15) is 8.42 Å². The fourth-order valence-corrected chi connectivity index (χ4v) is 4.35. The predicted octanol–water partition coefficient (Wildman–Crippen LogP) is 3.60. The van der Waals surface area contributed by atoms with Crippen LogP contribution in [0.3, 0.4) is 0 Å². The largest absolute Gasteiger partial charge is 0.496 e. The molecule has 154 valence electrons. The van der Waals surface area contributed by atoms with Gasteiger partial charge >= 0.3 is 7.12 Å². The van der Waals surface area contributed by atoms with Crippen LogP contribution in [0.4, 0.5) is 0 Å². The Balaban J connectivity index is 0.00000117. The van der Waals surface area contributed by atoms with Gasteiger partial charge in [0.2, 0.25) is 0 Å². The van der Waals surface area contributed by atoms with Gasteiger partial charge in [0.15, 0.2) is 5.65 Å². The second-order valence-electron chi connectivity index (χ2n) is 7.70. The molecule has 1 saturated heterocycles. The first-order valence-electron chi connectivity index (χ1n) is 9.75. The molecule has 8 heteroatoms. The topological polar surface area (TPSA) is 70.4 Å².